The van der Waals surface area contributed by atoms with Crippen LogP contribution in [0, 0.1) is 0 Å². The van der Waals surface area contributed by atoms with E-state index in [0.29, 0.717) is 0 Å². The van der Waals surface area contributed by atoms with Gasteiger partial charge in [0, 0.05) is 11.6 Å². The van der Waals surface area contributed by atoms with Crippen LogP contribution in [0.3, 0.4) is 0 Å². The highest BCUT2D eigenvalue weighted by Crippen LogP contribution is 2.18. The second-order valence-electron chi connectivity index (χ2n) is 3.73. The van der Waals surface area contributed by atoms with Crippen molar-refractivity contribution < 1.29 is 4.79 Å². The summed E-state index contributed by atoms with van der Waals surface area (Å²) in [5.41, 5.74) is 5.76. The Bertz CT molecular complexity index is 313. The van der Waals surface area contributed by atoms with Crippen molar-refractivity contribution >= 4 is 17.2 Å². The van der Waals surface area contributed by atoms with Crippen molar-refractivity contribution in [2.75, 3.05) is 0 Å². The van der Waals surface area contributed by atoms with Crippen LogP contribution in [0.25, 0.3) is 0 Å². The number of hydrogen-bond donors (Lipinski definition) is 2. The quantitative estimate of drug-likeness (QED) is 0.798. The average Bonchev–Trinajstić information content (AvgIpc) is 2.79. The summed E-state index contributed by atoms with van der Waals surface area (Å²) in [5.74, 6) is -0.0797. The van der Waals surface area contributed by atoms with Crippen LogP contribution in [-0.2, 0) is 4.79 Å². The Morgan fingerprint density at radius 1 is 1.62 bits per heavy atom. The van der Waals surface area contributed by atoms with Crippen LogP contribution in [0.15, 0.2) is 11.6 Å². The molecule has 5 heteroatoms. The summed E-state index contributed by atoms with van der Waals surface area (Å²) in [6.07, 6.45) is 4.22. The number of nitrogens with zero attached hydrogens (tertiary/aromatic N) is 1. The molecule has 0 aliphatic carbocycles. The first-order chi connectivity index (χ1) is 7.69. The van der Waals surface area contributed by atoms with Crippen molar-refractivity contribution in [2.45, 2.75) is 45.2 Å². The van der Waals surface area contributed by atoms with Gasteiger partial charge in [0.1, 0.15) is 5.01 Å². The lowest BCUT2D eigenvalue weighted by Gasteiger charge is -2.17. The Morgan fingerprint density at radius 2 is 2.38 bits per heavy atom. The molecule has 0 aromatic carbocycles. The number of hydrogen-bond acceptors (Lipinski definition) is 4. The fourth-order valence-corrected chi connectivity index (χ4v) is 2.24. The van der Waals surface area contributed by atoms with Gasteiger partial charge in [-0.05, 0) is 12.8 Å². The third-order valence-corrected chi connectivity index (χ3v) is 3.30. The first kappa shape index (κ1) is 13.1. The summed E-state index contributed by atoms with van der Waals surface area (Å²) in [7, 11) is 0. The van der Waals surface area contributed by atoms with Gasteiger partial charge in [0.25, 0.3) is 0 Å². The van der Waals surface area contributed by atoms with Gasteiger partial charge >= 0.3 is 0 Å². The Hall–Kier alpha value is -0.940. The first-order valence-corrected chi connectivity index (χ1v) is 6.52. The minimum atomic E-state index is -0.404. The molecular weight excluding hydrogens is 222 g/mol. The van der Waals surface area contributed by atoms with Gasteiger partial charge in [-0.25, -0.2) is 4.98 Å². The molecule has 0 saturated carbocycles. The average molecular weight is 241 g/mol. The van der Waals surface area contributed by atoms with Gasteiger partial charge in [-0.15, -0.1) is 11.3 Å². The Morgan fingerprint density at radius 3 is 2.88 bits per heavy atom. The molecule has 0 spiro atoms. The summed E-state index contributed by atoms with van der Waals surface area (Å²) < 4.78 is 0. The van der Waals surface area contributed by atoms with E-state index in [2.05, 4.69) is 10.3 Å². The van der Waals surface area contributed by atoms with Crippen LogP contribution in [0.5, 0.6) is 0 Å². The standard InChI is InChI=1S/C11H19N3OS/c1-3-5-8(12)10(15)14-9(4-2)11-13-6-7-16-11/h6-9H,3-5,12H2,1-2H3,(H,14,15). The SMILES string of the molecule is CCCC(N)C(=O)NC(CC)c1nccs1. The Kier molecular flexibility index (Phi) is 5.42. The molecule has 0 fully saturated rings. The summed E-state index contributed by atoms with van der Waals surface area (Å²) in [6.45, 7) is 4.04. The molecule has 1 heterocycles. The molecule has 90 valence electrons. The molecule has 1 aromatic heterocycles. The molecule has 4 nitrogen and oxygen atoms in total. The lowest BCUT2D eigenvalue weighted by Crippen LogP contribution is -2.42. The topological polar surface area (TPSA) is 68.0 Å². The minimum absolute atomic E-state index is 0.00425. The molecule has 16 heavy (non-hydrogen) atoms. The van der Waals surface area contributed by atoms with E-state index in [1.165, 1.54) is 0 Å². The van der Waals surface area contributed by atoms with Crippen molar-refractivity contribution in [3.8, 4) is 0 Å². The van der Waals surface area contributed by atoms with Crippen molar-refractivity contribution in [1.82, 2.24) is 10.3 Å². The third-order valence-electron chi connectivity index (χ3n) is 2.41. The van der Waals surface area contributed by atoms with E-state index in [1.54, 1.807) is 17.5 Å². The zero-order valence-electron chi connectivity index (χ0n) is 9.77. The van der Waals surface area contributed by atoms with E-state index in [1.807, 2.05) is 19.2 Å². The molecule has 0 radical (unpaired) electrons. The molecule has 2 atom stereocenters. The van der Waals surface area contributed by atoms with E-state index >= 15 is 0 Å². The first-order valence-electron chi connectivity index (χ1n) is 5.64. The zero-order chi connectivity index (χ0) is 12.0. The molecule has 3 N–H and O–H groups in total. The van der Waals surface area contributed by atoms with E-state index in [9.17, 15) is 4.79 Å². The number of amides is 1. The summed E-state index contributed by atoms with van der Waals surface area (Å²) in [6, 6.07) is -0.408. The van der Waals surface area contributed by atoms with E-state index in [0.717, 1.165) is 24.3 Å². The van der Waals surface area contributed by atoms with Crippen molar-refractivity contribution in [3.63, 3.8) is 0 Å². The van der Waals surface area contributed by atoms with Crippen molar-refractivity contribution in [2.24, 2.45) is 5.73 Å². The van der Waals surface area contributed by atoms with Gasteiger partial charge in [0.2, 0.25) is 5.91 Å². The lowest BCUT2D eigenvalue weighted by molar-refractivity contribution is -0.123. The maximum absolute atomic E-state index is 11.7. The van der Waals surface area contributed by atoms with Crippen LogP contribution in [0.4, 0.5) is 0 Å². The Labute approximate surface area is 100 Å². The van der Waals surface area contributed by atoms with Gasteiger partial charge in [0.05, 0.1) is 12.1 Å². The highest BCUT2D eigenvalue weighted by Gasteiger charge is 2.18. The van der Waals surface area contributed by atoms with Crippen molar-refractivity contribution in [1.29, 1.82) is 0 Å². The number of rotatable bonds is 6. The largest absolute Gasteiger partial charge is 0.346 e. The van der Waals surface area contributed by atoms with E-state index < -0.39 is 6.04 Å². The lowest BCUT2D eigenvalue weighted by atomic mass is 10.1. The van der Waals surface area contributed by atoms with Crippen LogP contribution in [0.2, 0.25) is 0 Å². The van der Waals surface area contributed by atoms with E-state index in [-0.39, 0.29) is 11.9 Å². The second-order valence-corrected chi connectivity index (χ2v) is 4.66. The van der Waals surface area contributed by atoms with Gasteiger partial charge in [-0.2, -0.15) is 0 Å². The molecule has 2 unspecified atom stereocenters. The van der Waals surface area contributed by atoms with E-state index in [4.69, 9.17) is 5.73 Å². The highest BCUT2D eigenvalue weighted by molar-refractivity contribution is 7.09. The van der Waals surface area contributed by atoms with Gasteiger partial charge in [-0.3, -0.25) is 4.79 Å². The second kappa shape index (κ2) is 6.60. The normalized spacial score (nSPS) is 14.4. The summed E-state index contributed by atoms with van der Waals surface area (Å²) in [4.78, 5) is 15.9. The summed E-state index contributed by atoms with van der Waals surface area (Å²) >= 11 is 1.56. The number of carbonyl (C=O) groups excluding carboxylic acids is 1. The molecule has 1 rings (SSSR count). The molecular formula is C11H19N3OS. The van der Waals surface area contributed by atoms with Gasteiger partial charge < -0.3 is 11.1 Å². The predicted octanol–water partition coefficient (Wildman–Crippen LogP) is 1.84. The smallest absolute Gasteiger partial charge is 0.237 e. The number of carbonyl (C=O) groups is 1. The number of nitrogens with one attached hydrogen (secondary N) is 1. The summed E-state index contributed by atoms with van der Waals surface area (Å²) in [5, 5.41) is 5.79. The number of nitrogens with two attached hydrogens (primary N) is 1. The molecule has 1 aromatic rings. The maximum Gasteiger partial charge on any atom is 0.237 e. The Balaban J connectivity index is 2.54. The zero-order valence-corrected chi connectivity index (χ0v) is 10.6. The highest BCUT2D eigenvalue weighted by atomic mass is 32.1. The third kappa shape index (κ3) is 3.57. The fraction of sp³-hybridized carbons (Fsp3) is 0.636. The van der Waals surface area contributed by atoms with Crippen LogP contribution in [0.1, 0.15) is 44.2 Å². The number of aromatic nitrogens is 1. The predicted molar refractivity (Wildman–Crippen MR) is 66.2 cm³/mol. The monoisotopic (exact) mass is 241 g/mol. The van der Waals surface area contributed by atoms with Crippen molar-refractivity contribution in [3.05, 3.63) is 16.6 Å². The molecule has 1 amide bonds. The molecule has 0 bridgehead atoms. The fourth-order valence-electron chi connectivity index (χ4n) is 1.47. The van der Waals surface area contributed by atoms with Gasteiger partial charge in [0.15, 0.2) is 0 Å². The van der Waals surface area contributed by atoms with Crippen LogP contribution in [-0.4, -0.2) is 16.9 Å². The molecule has 0 aliphatic rings. The van der Waals surface area contributed by atoms with Gasteiger partial charge in [-0.1, -0.05) is 20.3 Å². The minimum Gasteiger partial charge on any atom is -0.346 e. The maximum atomic E-state index is 11.7. The number of thiazole rings is 1. The molecule has 0 saturated heterocycles. The molecule has 0 aliphatic heterocycles. The van der Waals surface area contributed by atoms with Crippen LogP contribution < -0.4 is 11.1 Å². The van der Waals surface area contributed by atoms with Crippen LogP contribution >= 0.6 is 11.3 Å².